The van der Waals surface area contributed by atoms with Crippen molar-refractivity contribution in [2.75, 3.05) is 33.0 Å². The number of carbonyl (C=O) groups excluding carboxylic acids is 1. The number of rotatable bonds is 43. The molecule has 53 heavy (non-hydrogen) atoms. The number of phosphoric ester groups is 1. The van der Waals surface area contributed by atoms with Crippen molar-refractivity contribution < 1.29 is 43.0 Å². The lowest BCUT2D eigenvalue weighted by atomic mass is 10.0. The van der Waals surface area contributed by atoms with Crippen molar-refractivity contribution in [1.29, 1.82) is 0 Å². The maximum Gasteiger partial charge on any atom is 0.472 e. The molecule has 10 heteroatoms. The van der Waals surface area contributed by atoms with E-state index in [1.165, 1.54) is 161 Å². The van der Waals surface area contributed by atoms with Crippen LogP contribution in [0.15, 0.2) is 12.2 Å². The SMILES string of the molecule is CCCCCCCC/C=C\CCCCCCCCCCCC(=O)OC(COCCCCCCCCCCCCCCC)COP(=O)(O)OCC(O)CO. The molecule has 0 fully saturated rings. The highest BCUT2D eigenvalue weighted by atomic mass is 31.2. The van der Waals surface area contributed by atoms with Crippen molar-refractivity contribution in [2.24, 2.45) is 0 Å². The van der Waals surface area contributed by atoms with Crippen LogP contribution in [0.2, 0.25) is 0 Å². The van der Waals surface area contributed by atoms with Crippen LogP contribution in [0, 0.1) is 0 Å². The Bertz CT molecular complexity index is 841. The zero-order valence-electron chi connectivity index (χ0n) is 34.5. The molecule has 0 rings (SSSR count). The third kappa shape index (κ3) is 40.7. The molecule has 0 aliphatic carbocycles. The van der Waals surface area contributed by atoms with Gasteiger partial charge in [-0.1, -0.05) is 180 Å². The van der Waals surface area contributed by atoms with Crippen LogP contribution < -0.4 is 0 Å². The van der Waals surface area contributed by atoms with Gasteiger partial charge in [-0.3, -0.25) is 13.8 Å². The summed E-state index contributed by atoms with van der Waals surface area (Å²) >= 11 is 0. The van der Waals surface area contributed by atoms with Crippen LogP contribution >= 0.6 is 7.82 Å². The van der Waals surface area contributed by atoms with Crippen molar-refractivity contribution in [1.82, 2.24) is 0 Å². The van der Waals surface area contributed by atoms with E-state index in [0.717, 1.165) is 32.1 Å². The number of hydrogen-bond donors (Lipinski definition) is 3. The minimum Gasteiger partial charge on any atom is -0.457 e. The Balaban J connectivity index is 4.11. The first kappa shape index (κ1) is 52.2. The first-order valence-electron chi connectivity index (χ1n) is 22.2. The smallest absolute Gasteiger partial charge is 0.457 e. The number of aliphatic hydroxyl groups is 2. The van der Waals surface area contributed by atoms with Crippen LogP contribution in [0.4, 0.5) is 0 Å². The van der Waals surface area contributed by atoms with E-state index < -0.39 is 33.2 Å². The van der Waals surface area contributed by atoms with Crippen molar-refractivity contribution in [2.45, 2.75) is 225 Å². The van der Waals surface area contributed by atoms with E-state index in [2.05, 4.69) is 26.0 Å². The molecule has 3 atom stereocenters. The van der Waals surface area contributed by atoms with Gasteiger partial charge in [-0.05, 0) is 38.5 Å². The summed E-state index contributed by atoms with van der Waals surface area (Å²) in [5, 5.41) is 18.3. The summed E-state index contributed by atoms with van der Waals surface area (Å²) in [4.78, 5) is 22.6. The van der Waals surface area contributed by atoms with Crippen molar-refractivity contribution >= 4 is 13.8 Å². The lowest BCUT2D eigenvalue weighted by molar-refractivity contribution is -0.154. The van der Waals surface area contributed by atoms with E-state index in [1.807, 2.05) is 0 Å². The van der Waals surface area contributed by atoms with Crippen LogP contribution in [0.3, 0.4) is 0 Å². The van der Waals surface area contributed by atoms with E-state index in [0.29, 0.717) is 6.61 Å². The summed E-state index contributed by atoms with van der Waals surface area (Å²) in [6.07, 6.45) is 40.2. The summed E-state index contributed by atoms with van der Waals surface area (Å²) in [6.45, 7) is 3.55. The monoisotopic (exact) mass is 777 g/mol. The van der Waals surface area contributed by atoms with Crippen molar-refractivity contribution in [3.8, 4) is 0 Å². The predicted molar refractivity (Wildman–Crippen MR) is 219 cm³/mol. The minimum absolute atomic E-state index is 0.0543. The van der Waals surface area contributed by atoms with Gasteiger partial charge >= 0.3 is 13.8 Å². The Kier molecular flexibility index (Phi) is 40.2. The Hall–Kier alpha value is -0.800. The highest BCUT2D eigenvalue weighted by molar-refractivity contribution is 7.47. The third-order valence-corrected chi connectivity index (χ3v) is 10.7. The second kappa shape index (κ2) is 40.9. The van der Waals surface area contributed by atoms with Crippen LogP contribution in [0.5, 0.6) is 0 Å². The van der Waals surface area contributed by atoms with Crippen LogP contribution in [0.25, 0.3) is 0 Å². The van der Waals surface area contributed by atoms with E-state index >= 15 is 0 Å². The molecule has 0 aliphatic heterocycles. The molecule has 0 aliphatic rings. The van der Waals surface area contributed by atoms with Gasteiger partial charge in [0.25, 0.3) is 0 Å². The van der Waals surface area contributed by atoms with Gasteiger partial charge in [-0.15, -0.1) is 0 Å². The van der Waals surface area contributed by atoms with E-state index in [4.69, 9.17) is 23.6 Å². The lowest BCUT2D eigenvalue weighted by Crippen LogP contribution is -2.29. The zero-order valence-corrected chi connectivity index (χ0v) is 35.4. The molecule has 316 valence electrons. The van der Waals surface area contributed by atoms with E-state index in [-0.39, 0.29) is 25.6 Å². The number of carbonyl (C=O) groups is 1. The largest absolute Gasteiger partial charge is 0.472 e. The molecule has 9 nitrogen and oxygen atoms in total. The molecule has 0 saturated carbocycles. The average Bonchev–Trinajstić information content (AvgIpc) is 3.15. The van der Waals surface area contributed by atoms with Gasteiger partial charge in [0.05, 0.1) is 26.4 Å². The van der Waals surface area contributed by atoms with Crippen LogP contribution in [0.1, 0.15) is 213 Å². The molecule has 0 aromatic carbocycles. The van der Waals surface area contributed by atoms with E-state index in [1.54, 1.807) is 0 Å². The van der Waals surface area contributed by atoms with Gasteiger partial charge < -0.3 is 24.6 Å². The summed E-state index contributed by atoms with van der Waals surface area (Å²) in [5.41, 5.74) is 0. The summed E-state index contributed by atoms with van der Waals surface area (Å²) in [6, 6.07) is 0. The van der Waals surface area contributed by atoms with Gasteiger partial charge in [0.1, 0.15) is 12.2 Å². The molecule has 0 saturated heterocycles. The summed E-state index contributed by atoms with van der Waals surface area (Å²) in [5.74, 6) is -0.381. The first-order valence-corrected chi connectivity index (χ1v) is 23.7. The topological polar surface area (TPSA) is 132 Å². The number of unbranched alkanes of at least 4 members (excludes halogenated alkanes) is 27. The second-order valence-electron chi connectivity index (χ2n) is 15.1. The highest BCUT2D eigenvalue weighted by Gasteiger charge is 2.26. The molecule has 3 unspecified atom stereocenters. The van der Waals surface area contributed by atoms with E-state index in [9.17, 15) is 19.4 Å². The quantitative estimate of drug-likeness (QED) is 0.0240. The summed E-state index contributed by atoms with van der Waals surface area (Å²) < 4.78 is 33.4. The van der Waals surface area contributed by atoms with Crippen LogP contribution in [-0.2, 0) is 27.9 Å². The number of ether oxygens (including phenoxy) is 2. The molecule has 0 spiro atoms. The number of phosphoric acid groups is 1. The summed E-state index contributed by atoms with van der Waals surface area (Å²) in [7, 11) is -4.51. The lowest BCUT2D eigenvalue weighted by Gasteiger charge is -2.20. The number of esters is 1. The van der Waals surface area contributed by atoms with Crippen LogP contribution in [-0.4, -0.2) is 66.3 Å². The molecular formula is C43H85O9P. The fourth-order valence-electron chi connectivity index (χ4n) is 6.29. The minimum atomic E-state index is -4.51. The molecular weight excluding hydrogens is 691 g/mol. The standard InChI is InChI=1S/C43H85O9P/c1-3-5-7-9-11-13-15-17-18-19-20-21-22-23-25-27-29-31-33-35-43(46)52-42(40-51-53(47,48)50-38-41(45)37-44)39-49-36-34-32-30-28-26-24-16-14-12-10-8-6-4-2/h17-18,41-42,44-45H,3-16,19-40H2,1-2H3,(H,47,48)/b18-17-. The predicted octanol–water partition coefficient (Wildman–Crippen LogP) is 12.1. The Morgan fingerprint density at radius 1 is 0.566 bits per heavy atom. The number of aliphatic hydroxyl groups excluding tert-OH is 2. The Labute approximate surface area is 326 Å². The van der Waals surface area contributed by atoms with Crippen molar-refractivity contribution in [3.05, 3.63) is 12.2 Å². The van der Waals surface area contributed by atoms with Gasteiger partial charge in [0, 0.05) is 13.0 Å². The molecule has 0 radical (unpaired) electrons. The maximum atomic E-state index is 12.6. The van der Waals surface area contributed by atoms with Gasteiger partial charge in [-0.2, -0.15) is 0 Å². The Morgan fingerprint density at radius 2 is 0.962 bits per heavy atom. The molecule has 0 aromatic heterocycles. The average molecular weight is 777 g/mol. The fraction of sp³-hybridized carbons (Fsp3) is 0.930. The Morgan fingerprint density at radius 3 is 1.42 bits per heavy atom. The third-order valence-electron chi connectivity index (χ3n) is 9.70. The highest BCUT2D eigenvalue weighted by Crippen LogP contribution is 2.43. The molecule has 0 amide bonds. The second-order valence-corrected chi connectivity index (χ2v) is 16.5. The van der Waals surface area contributed by atoms with Crippen molar-refractivity contribution in [3.63, 3.8) is 0 Å². The van der Waals surface area contributed by atoms with Gasteiger partial charge in [-0.25, -0.2) is 4.57 Å². The zero-order chi connectivity index (χ0) is 38.9. The molecule has 0 bridgehead atoms. The van der Waals surface area contributed by atoms with Gasteiger partial charge in [0.2, 0.25) is 0 Å². The molecule has 0 heterocycles. The normalized spacial score (nSPS) is 14.1. The molecule has 0 aromatic rings. The maximum absolute atomic E-state index is 12.6. The fourth-order valence-corrected chi connectivity index (χ4v) is 7.08. The van der Waals surface area contributed by atoms with Gasteiger partial charge in [0.15, 0.2) is 0 Å². The number of allylic oxidation sites excluding steroid dienone is 2. The number of hydrogen-bond acceptors (Lipinski definition) is 8. The first-order chi connectivity index (χ1) is 25.8. The molecule has 3 N–H and O–H groups in total.